The Kier molecular flexibility index (Phi) is 8.59. The van der Waals surface area contributed by atoms with Crippen LogP contribution in [0.1, 0.15) is 48.3 Å². The van der Waals surface area contributed by atoms with E-state index in [1.807, 2.05) is 32.0 Å². The van der Waals surface area contributed by atoms with Crippen LogP contribution in [0, 0.1) is 11.6 Å². The first-order valence-corrected chi connectivity index (χ1v) is 16.7. The molecule has 4 N–H and O–H groups in total. The lowest BCUT2D eigenvalue weighted by Crippen LogP contribution is -2.45. The largest absolute Gasteiger partial charge is 0.383 e. The lowest BCUT2D eigenvalue weighted by molar-refractivity contribution is 0.102. The zero-order chi connectivity index (χ0) is 31.9. The molecule has 0 aliphatic carbocycles. The number of likely N-dealkylation sites (N-methyl/N-ethyl adjacent to an activating group) is 1. The number of benzene rings is 2. The van der Waals surface area contributed by atoms with E-state index in [2.05, 4.69) is 43.0 Å². The van der Waals surface area contributed by atoms with E-state index in [1.54, 1.807) is 0 Å². The SMILES string of the molecule is CN1CCN(c2ccc(C(=O)Nc3n[nH]c4c3CN(S(=O)(=O)c3cc(F)cc(F)c3)CC4(C)C)c(NC[C@@H]3CCCN3)c2)CC1. The number of nitrogens with zero attached hydrogens (tertiary/aromatic N) is 4. The van der Waals surface area contributed by atoms with Gasteiger partial charge in [0.2, 0.25) is 10.0 Å². The van der Waals surface area contributed by atoms with Crippen LogP contribution in [0.5, 0.6) is 0 Å². The summed E-state index contributed by atoms with van der Waals surface area (Å²) < 4.78 is 56.1. The summed E-state index contributed by atoms with van der Waals surface area (Å²) in [5.41, 5.74) is 2.64. The van der Waals surface area contributed by atoms with Crippen LogP contribution in [0.4, 0.5) is 26.0 Å². The quantitative estimate of drug-likeness (QED) is 0.295. The molecule has 3 aliphatic heterocycles. The minimum absolute atomic E-state index is 0.0487. The minimum Gasteiger partial charge on any atom is -0.383 e. The van der Waals surface area contributed by atoms with Crippen molar-refractivity contribution in [3.8, 4) is 0 Å². The van der Waals surface area contributed by atoms with Gasteiger partial charge in [0.1, 0.15) is 11.6 Å². The number of carbonyl (C=O) groups excluding carboxylic acids is 1. The van der Waals surface area contributed by atoms with E-state index in [4.69, 9.17) is 0 Å². The van der Waals surface area contributed by atoms with Gasteiger partial charge in [0.15, 0.2) is 5.82 Å². The van der Waals surface area contributed by atoms with Crippen LogP contribution in [0.15, 0.2) is 41.3 Å². The second kappa shape index (κ2) is 12.3. The molecule has 242 valence electrons. The van der Waals surface area contributed by atoms with E-state index in [-0.39, 0.29) is 24.8 Å². The average Bonchev–Trinajstić information content (AvgIpc) is 3.66. The van der Waals surface area contributed by atoms with E-state index in [0.29, 0.717) is 41.2 Å². The smallest absolute Gasteiger partial charge is 0.258 e. The molecule has 0 bridgehead atoms. The van der Waals surface area contributed by atoms with Gasteiger partial charge >= 0.3 is 0 Å². The maximum atomic E-state index is 14.0. The Morgan fingerprint density at radius 2 is 1.82 bits per heavy atom. The van der Waals surface area contributed by atoms with Gasteiger partial charge in [0.25, 0.3) is 5.91 Å². The predicted octanol–water partition coefficient (Wildman–Crippen LogP) is 3.34. The number of hydrogen-bond donors (Lipinski definition) is 4. The van der Waals surface area contributed by atoms with E-state index in [9.17, 15) is 22.0 Å². The first-order chi connectivity index (χ1) is 21.4. The molecule has 0 spiro atoms. The predicted molar refractivity (Wildman–Crippen MR) is 169 cm³/mol. The van der Waals surface area contributed by atoms with E-state index in [0.717, 1.165) is 63.4 Å². The Labute approximate surface area is 262 Å². The third-order valence-electron chi connectivity index (χ3n) is 8.97. The van der Waals surface area contributed by atoms with E-state index >= 15 is 0 Å². The molecule has 45 heavy (non-hydrogen) atoms. The molecule has 0 saturated carbocycles. The maximum Gasteiger partial charge on any atom is 0.258 e. The first-order valence-electron chi connectivity index (χ1n) is 15.3. The lowest BCUT2D eigenvalue weighted by Gasteiger charge is -2.36. The number of fused-ring (bicyclic) bond motifs is 1. The van der Waals surface area contributed by atoms with Crippen molar-refractivity contribution < 1.29 is 22.0 Å². The number of amides is 1. The average molecular weight is 643 g/mol. The summed E-state index contributed by atoms with van der Waals surface area (Å²) in [7, 11) is -2.15. The van der Waals surface area contributed by atoms with Gasteiger partial charge in [-0.1, -0.05) is 13.8 Å². The highest BCUT2D eigenvalue weighted by atomic mass is 32.2. The number of hydrogen-bond acceptors (Lipinski definition) is 8. The molecule has 11 nitrogen and oxygen atoms in total. The number of carbonyl (C=O) groups is 1. The molecule has 1 atom stereocenters. The molecule has 6 rings (SSSR count). The fourth-order valence-electron chi connectivity index (χ4n) is 6.41. The molecule has 1 aromatic heterocycles. The van der Waals surface area contributed by atoms with Gasteiger partial charge in [-0.25, -0.2) is 17.2 Å². The van der Waals surface area contributed by atoms with Crippen molar-refractivity contribution in [2.45, 2.75) is 49.6 Å². The fourth-order valence-corrected chi connectivity index (χ4v) is 8.02. The summed E-state index contributed by atoms with van der Waals surface area (Å²) in [5, 5.41) is 17.3. The molecule has 3 aliphatic rings. The zero-order valence-electron chi connectivity index (χ0n) is 25.8. The molecule has 0 radical (unpaired) electrons. The van der Waals surface area contributed by atoms with E-state index in [1.165, 1.54) is 4.31 Å². The normalized spacial score (nSPS) is 20.6. The third kappa shape index (κ3) is 6.55. The number of rotatable bonds is 8. The van der Waals surface area contributed by atoms with Crippen molar-refractivity contribution in [2.24, 2.45) is 0 Å². The van der Waals surface area contributed by atoms with Crippen molar-refractivity contribution in [3.63, 3.8) is 0 Å². The molecule has 2 fully saturated rings. The van der Waals surface area contributed by atoms with Crippen LogP contribution in [-0.2, 0) is 22.0 Å². The Balaban J connectivity index is 1.27. The van der Waals surface area contributed by atoms with Crippen molar-refractivity contribution in [1.29, 1.82) is 0 Å². The summed E-state index contributed by atoms with van der Waals surface area (Å²) in [4.78, 5) is 18.0. The number of aromatic nitrogens is 2. The fraction of sp³-hybridized carbons (Fsp3) is 0.484. The number of nitrogens with one attached hydrogen (secondary N) is 4. The molecule has 14 heteroatoms. The van der Waals surface area contributed by atoms with Crippen LogP contribution in [0.25, 0.3) is 0 Å². The monoisotopic (exact) mass is 642 g/mol. The number of H-pyrrole nitrogens is 1. The van der Waals surface area contributed by atoms with Gasteiger partial charge in [0, 0.05) is 86.0 Å². The molecule has 2 aromatic carbocycles. The highest BCUT2D eigenvalue weighted by molar-refractivity contribution is 7.89. The highest BCUT2D eigenvalue weighted by Gasteiger charge is 2.41. The van der Waals surface area contributed by atoms with Crippen LogP contribution in [0.2, 0.25) is 0 Å². The van der Waals surface area contributed by atoms with Gasteiger partial charge in [-0.3, -0.25) is 9.89 Å². The molecule has 3 aromatic rings. The summed E-state index contributed by atoms with van der Waals surface area (Å²) in [6.45, 7) is 8.95. The summed E-state index contributed by atoms with van der Waals surface area (Å²) in [6, 6.07) is 8.34. The Morgan fingerprint density at radius 1 is 1.09 bits per heavy atom. The van der Waals surface area contributed by atoms with Crippen LogP contribution < -0.4 is 20.9 Å². The van der Waals surface area contributed by atoms with Crippen LogP contribution in [-0.4, -0.2) is 92.6 Å². The number of piperazine rings is 1. The standard InChI is InChI=1S/C31H40F2N8O3S/c1-31(2)19-41(45(43,44)24-14-20(32)13-21(33)15-24)18-26-28(31)37-38-29(26)36-30(42)25-7-6-23(40-11-9-39(3)10-12-40)16-27(25)35-17-22-5-4-8-34-22/h6-7,13-16,22,34-35H,4-5,8-12,17-19H2,1-3H3,(H2,36,37,38,42)/t22-/m0/s1. The summed E-state index contributed by atoms with van der Waals surface area (Å²) >= 11 is 0. The maximum absolute atomic E-state index is 14.0. The second-order valence-corrected chi connectivity index (χ2v) is 14.8. The Morgan fingerprint density at radius 3 is 2.51 bits per heavy atom. The topological polar surface area (TPSA) is 126 Å². The molecule has 4 heterocycles. The molecule has 2 saturated heterocycles. The van der Waals surface area contributed by atoms with Gasteiger partial charge in [-0.2, -0.15) is 9.40 Å². The molecular formula is C31H40F2N8O3S. The first kappa shape index (κ1) is 31.4. The van der Waals surface area contributed by atoms with Crippen molar-refractivity contribution in [1.82, 2.24) is 24.7 Å². The minimum atomic E-state index is -4.26. The number of sulfonamides is 1. The Hall–Kier alpha value is -3.59. The second-order valence-electron chi connectivity index (χ2n) is 12.8. The molecule has 1 amide bonds. The molecule has 0 unspecified atom stereocenters. The summed E-state index contributed by atoms with van der Waals surface area (Å²) in [6.07, 6.45) is 2.17. The number of aromatic amines is 1. The van der Waals surface area contributed by atoms with Crippen LogP contribution >= 0.6 is 0 Å². The third-order valence-corrected chi connectivity index (χ3v) is 10.7. The van der Waals surface area contributed by atoms with Crippen molar-refractivity contribution >= 4 is 33.1 Å². The summed E-state index contributed by atoms with van der Waals surface area (Å²) in [5.74, 6) is -2.14. The van der Waals surface area contributed by atoms with Gasteiger partial charge in [-0.15, -0.1) is 0 Å². The van der Waals surface area contributed by atoms with E-state index < -0.39 is 32.0 Å². The van der Waals surface area contributed by atoms with Gasteiger partial charge in [-0.05, 0) is 56.8 Å². The van der Waals surface area contributed by atoms with Crippen molar-refractivity contribution in [2.75, 3.05) is 68.4 Å². The highest BCUT2D eigenvalue weighted by Crippen LogP contribution is 2.38. The van der Waals surface area contributed by atoms with Crippen molar-refractivity contribution in [3.05, 3.63) is 64.9 Å². The Bertz CT molecular complexity index is 1660. The van der Waals surface area contributed by atoms with Gasteiger partial charge < -0.3 is 25.8 Å². The zero-order valence-corrected chi connectivity index (χ0v) is 26.6. The number of anilines is 3. The lowest BCUT2D eigenvalue weighted by atomic mass is 9.84. The number of halogens is 2. The van der Waals surface area contributed by atoms with Crippen LogP contribution in [0.3, 0.4) is 0 Å². The molecular weight excluding hydrogens is 602 g/mol. The van der Waals surface area contributed by atoms with Gasteiger partial charge in [0.05, 0.1) is 10.5 Å².